The van der Waals surface area contributed by atoms with Gasteiger partial charge in [-0.3, -0.25) is 4.79 Å². The highest BCUT2D eigenvalue weighted by Gasteiger charge is 2.19. The van der Waals surface area contributed by atoms with Crippen LogP contribution in [0.3, 0.4) is 0 Å². The van der Waals surface area contributed by atoms with Crippen LogP contribution in [0.15, 0.2) is 65.1 Å². The normalized spacial score (nSPS) is 12.2. The molecule has 0 saturated carbocycles. The molecule has 1 aliphatic heterocycles. The fourth-order valence-electron chi connectivity index (χ4n) is 3.17. The molecule has 0 atom stereocenters. The Kier molecular flexibility index (Phi) is 5.81. The van der Waals surface area contributed by atoms with Crippen molar-refractivity contribution < 1.29 is 23.4 Å². The van der Waals surface area contributed by atoms with Gasteiger partial charge in [0.1, 0.15) is 18.1 Å². The molecule has 1 amide bonds. The Bertz CT molecular complexity index is 966. The molecule has 0 unspecified atom stereocenters. The van der Waals surface area contributed by atoms with Crippen molar-refractivity contribution in [3.8, 4) is 11.5 Å². The van der Waals surface area contributed by atoms with Crippen molar-refractivity contribution >= 4 is 5.91 Å². The summed E-state index contributed by atoms with van der Waals surface area (Å²) in [6, 6.07) is 19.3. The van der Waals surface area contributed by atoms with Crippen LogP contribution in [0.2, 0.25) is 0 Å². The summed E-state index contributed by atoms with van der Waals surface area (Å²) >= 11 is 0. The molecule has 1 aliphatic rings. The molecule has 0 spiro atoms. The molecule has 2 aromatic carbocycles. The maximum absolute atomic E-state index is 12.9. The van der Waals surface area contributed by atoms with Crippen LogP contribution < -0.4 is 9.47 Å². The molecule has 4 rings (SSSR count). The highest BCUT2D eigenvalue weighted by Crippen LogP contribution is 2.33. The summed E-state index contributed by atoms with van der Waals surface area (Å²) in [6.07, 6.45) is 0. The maximum Gasteiger partial charge on any atom is 0.249 e. The van der Waals surface area contributed by atoms with Crippen LogP contribution in [0.5, 0.6) is 11.5 Å². The second-order valence-corrected chi connectivity index (χ2v) is 6.93. The minimum Gasteiger partial charge on any atom is -0.464 e. The lowest BCUT2D eigenvalue weighted by molar-refractivity contribution is -0.138. The molecule has 29 heavy (non-hydrogen) atoms. The van der Waals surface area contributed by atoms with Crippen LogP contribution in [0, 0.1) is 6.92 Å². The molecule has 0 N–H and O–H groups in total. The van der Waals surface area contributed by atoms with Crippen molar-refractivity contribution in [1.82, 2.24) is 4.90 Å². The molecular formula is C23H23NO5. The van der Waals surface area contributed by atoms with Gasteiger partial charge in [0.25, 0.3) is 0 Å². The van der Waals surface area contributed by atoms with E-state index >= 15 is 0 Å². The van der Waals surface area contributed by atoms with Crippen molar-refractivity contribution in [2.75, 3.05) is 13.4 Å². The van der Waals surface area contributed by atoms with Crippen LogP contribution in [0.1, 0.15) is 22.6 Å². The first-order valence-corrected chi connectivity index (χ1v) is 9.50. The minimum atomic E-state index is -0.104. The predicted molar refractivity (Wildman–Crippen MR) is 106 cm³/mol. The van der Waals surface area contributed by atoms with E-state index in [1.54, 1.807) is 4.90 Å². The van der Waals surface area contributed by atoms with E-state index in [2.05, 4.69) is 0 Å². The van der Waals surface area contributed by atoms with Crippen LogP contribution in [0.4, 0.5) is 0 Å². The van der Waals surface area contributed by atoms with Gasteiger partial charge in [-0.05, 0) is 42.3 Å². The molecule has 150 valence electrons. The van der Waals surface area contributed by atoms with Gasteiger partial charge in [0, 0.05) is 6.54 Å². The molecule has 0 radical (unpaired) electrons. The second-order valence-electron chi connectivity index (χ2n) is 6.93. The number of ether oxygens (including phenoxy) is 3. The van der Waals surface area contributed by atoms with Gasteiger partial charge in [-0.15, -0.1) is 0 Å². The van der Waals surface area contributed by atoms with Crippen molar-refractivity contribution in [2.24, 2.45) is 0 Å². The number of nitrogens with zero attached hydrogens (tertiary/aromatic N) is 1. The number of hydrogen-bond donors (Lipinski definition) is 0. The number of carbonyl (C=O) groups excluding carboxylic acids is 1. The highest BCUT2D eigenvalue weighted by atomic mass is 16.7. The summed E-state index contributed by atoms with van der Waals surface area (Å²) in [4.78, 5) is 14.6. The average Bonchev–Trinajstić information content (AvgIpc) is 3.36. The smallest absolute Gasteiger partial charge is 0.249 e. The van der Waals surface area contributed by atoms with E-state index in [4.69, 9.17) is 18.6 Å². The molecule has 1 aromatic heterocycles. The average molecular weight is 393 g/mol. The Balaban J connectivity index is 1.43. The third-order valence-electron chi connectivity index (χ3n) is 4.64. The summed E-state index contributed by atoms with van der Waals surface area (Å²) in [5.74, 6) is 2.87. The van der Waals surface area contributed by atoms with E-state index in [-0.39, 0.29) is 19.3 Å². The molecule has 6 nitrogen and oxygen atoms in total. The van der Waals surface area contributed by atoms with E-state index in [9.17, 15) is 4.79 Å². The Hall–Kier alpha value is -3.25. The van der Waals surface area contributed by atoms with Crippen LogP contribution >= 0.6 is 0 Å². The Morgan fingerprint density at radius 1 is 0.966 bits per heavy atom. The fraction of sp³-hybridized carbons (Fsp3) is 0.261. The monoisotopic (exact) mass is 393 g/mol. The lowest BCUT2D eigenvalue weighted by Gasteiger charge is -2.22. The molecule has 2 heterocycles. The maximum atomic E-state index is 12.9. The number of hydrogen-bond acceptors (Lipinski definition) is 5. The standard InChI is InChI=1S/C23H23NO5/c1-17-7-9-20(29-17)13-24(12-19-8-10-21-22(11-19)28-16-27-21)23(25)15-26-14-18-5-3-2-4-6-18/h2-11H,12-16H2,1H3. The number of furan rings is 1. The zero-order valence-corrected chi connectivity index (χ0v) is 16.3. The number of carbonyl (C=O) groups is 1. The lowest BCUT2D eigenvalue weighted by atomic mass is 10.2. The largest absolute Gasteiger partial charge is 0.464 e. The fourth-order valence-corrected chi connectivity index (χ4v) is 3.17. The third kappa shape index (κ3) is 4.97. The van der Waals surface area contributed by atoms with Gasteiger partial charge < -0.3 is 23.5 Å². The van der Waals surface area contributed by atoms with Crippen LogP contribution in [-0.4, -0.2) is 24.2 Å². The van der Waals surface area contributed by atoms with Crippen molar-refractivity contribution in [1.29, 1.82) is 0 Å². The van der Waals surface area contributed by atoms with Gasteiger partial charge in [-0.1, -0.05) is 36.4 Å². The minimum absolute atomic E-state index is 0.000856. The Morgan fingerprint density at radius 3 is 2.59 bits per heavy atom. The third-order valence-corrected chi connectivity index (χ3v) is 4.64. The van der Waals surface area contributed by atoms with Gasteiger partial charge in [-0.2, -0.15) is 0 Å². The molecule has 0 saturated heterocycles. The Labute approximate surface area is 169 Å². The van der Waals surface area contributed by atoms with Gasteiger partial charge in [-0.25, -0.2) is 0 Å². The zero-order chi connectivity index (χ0) is 20.1. The molecule has 0 fully saturated rings. The van der Waals surface area contributed by atoms with Gasteiger partial charge in [0.05, 0.1) is 13.2 Å². The van der Waals surface area contributed by atoms with E-state index < -0.39 is 0 Å². The van der Waals surface area contributed by atoms with Gasteiger partial charge >= 0.3 is 0 Å². The van der Waals surface area contributed by atoms with E-state index in [0.717, 1.165) is 28.4 Å². The number of aryl methyl sites for hydroxylation is 1. The first kappa shape index (κ1) is 19.1. The molecular weight excluding hydrogens is 370 g/mol. The topological polar surface area (TPSA) is 61.1 Å². The highest BCUT2D eigenvalue weighted by molar-refractivity contribution is 5.77. The van der Waals surface area contributed by atoms with Crippen molar-refractivity contribution in [2.45, 2.75) is 26.6 Å². The molecule has 6 heteroatoms. The number of amides is 1. The first-order chi connectivity index (χ1) is 14.2. The number of fused-ring (bicyclic) bond motifs is 1. The Morgan fingerprint density at radius 2 is 1.79 bits per heavy atom. The number of rotatable bonds is 8. The van der Waals surface area contributed by atoms with E-state index in [1.165, 1.54) is 0 Å². The van der Waals surface area contributed by atoms with Gasteiger partial charge in [0.2, 0.25) is 12.7 Å². The van der Waals surface area contributed by atoms with Crippen LogP contribution in [0.25, 0.3) is 0 Å². The van der Waals surface area contributed by atoms with Crippen LogP contribution in [-0.2, 0) is 29.2 Å². The van der Waals surface area contributed by atoms with E-state index in [1.807, 2.05) is 67.6 Å². The SMILES string of the molecule is Cc1ccc(CN(Cc2ccc3c(c2)OCO3)C(=O)COCc2ccccc2)o1. The summed E-state index contributed by atoms with van der Waals surface area (Å²) in [7, 11) is 0. The summed E-state index contributed by atoms with van der Waals surface area (Å²) in [6.45, 7) is 3.29. The van der Waals surface area contributed by atoms with E-state index in [0.29, 0.717) is 25.4 Å². The predicted octanol–water partition coefficient (Wildman–Crippen LogP) is 4.06. The summed E-state index contributed by atoms with van der Waals surface area (Å²) < 4.78 is 22.1. The summed E-state index contributed by atoms with van der Waals surface area (Å²) in [5.41, 5.74) is 1.98. The lowest BCUT2D eigenvalue weighted by Crippen LogP contribution is -2.33. The van der Waals surface area contributed by atoms with Crippen molar-refractivity contribution in [3.63, 3.8) is 0 Å². The quantitative estimate of drug-likeness (QED) is 0.578. The second kappa shape index (κ2) is 8.84. The zero-order valence-electron chi connectivity index (χ0n) is 16.3. The first-order valence-electron chi connectivity index (χ1n) is 9.50. The number of benzene rings is 2. The molecule has 0 bridgehead atoms. The molecule has 0 aliphatic carbocycles. The summed E-state index contributed by atoms with van der Waals surface area (Å²) in [5, 5.41) is 0. The van der Waals surface area contributed by atoms with Gasteiger partial charge in [0.15, 0.2) is 11.5 Å². The molecule has 3 aromatic rings. The van der Waals surface area contributed by atoms with Crippen molar-refractivity contribution in [3.05, 3.63) is 83.3 Å².